The average Bonchev–Trinajstić information content (AvgIpc) is 2.45. The number of aliphatic hydroxyl groups is 1. The summed E-state index contributed by atoms with van der Waals surface area (Å²) in [4.78, 5) is 0. The van der Waals surface area contributed by atoms with Crippen molar-refractivity contribution in [3.63, 3.8) is 0 Å². The van der Waals surface area contributed by atoms with Crippen LogP contribution in [0.5, 0.6) is 5.75 Å². The largest absolute Gasteiger partial charge is 0.488 e. The standard InChI is InChI=1S/C17H16ClNO2/c1-11-3-6-15(12(2)20)17(7-11)21-10-14-5-4-13(9-19)8-16(14)18/h3-8,12,20H,10H2,1-2H3/t12-/m1/s1. The third kappa shape index (κ3) is 3.75. The molecule has 0 aliphatic rings. The summed E-state index contributed by atoms with van der Waals surface area (Å²) >= 11 is 6.13. The summed E-state index contributed by atoms with van der Waals surface area (Å²) in [6, 6.07) is 12.8. The molecule has 0 saturated carbocycles. The molecular weight excluding hydrogens is 286 g/mol. The highest BCUT2D eigenvalue weighted by Gasteiger charge is 2.10. The molecule has 2 rings (SSSR count). The topological polar surface area (TPSA) is 53.2 Å². The molecule has 108 valence electrons. The van der Waals surface area contributed by atoms with E-state index in [4.69, 9.17) is 21.6 Å². The Morgan fingerprint density at radius 3 is 2.67 bits per heavy atom. The predicted molar refractivity (Wildman–Crippen MR) is 82.3 cm³/mol. The molecule has 0 heterocycles. The van der Waals surface area contributed by atoms with E-state index >= 15 is 0 Å². The molecule has 1 atom stereocenters. The van der Waals surface area contributed by atoms with Crippen LogP contribution in [0.2, 0.25) is 5.02 Å². The van der Waals surface area contributed by atoms with Crippen LogP contribution in [0, 0.1) is 18.3 Å². The number of nitriles is 1. The lowest BCUT2D eigenvalue weighted by Crippen LogP contribution is -2.02. The van der Waals surface area contributed by atoms with E-state index in [1.807, 2.05) is 31.2 Å². The number of nitrogens with zero attached hydrogens (tertiary/aromatic N) is 1. The fourth-order valence-corrected chi connectivity index (χ4v) is 2.24. The van der Waals surface area contributed by atoms with Gasteiger partial charge in [0.2, 0.25) is 0 Å². The number of aryl methyl sites for hydroxylation is 1. The van der Waals surface area contributed by atoms with Crippen molar-refractivity contribution in [3.05, 3.63) is 63.7 Å². The number of hydrogen-bond donors (Lipinski definition) is 1. The van der Waals surface area contributed by atoms with Gasteiger partial charge in [0, 0.05) is 16.1 Å². The van der Waals surface area contributed by atoms with Crippen LogP contribution >= 0.6 is 11.6 Å². The van der Waals surface area contributed by atoms with Gasteiger partial charge < -0.3 is 9.84 Å². The first-order valence-electron chi connectivity index (χ1n) is 6.61. The van der Waals surface area contributed by atoms with Crippen molar-refractivity contribution < 1.29 is 9.84 Å². The molecule has 0 aliphatic carbocycles. The molecule has 3 nitrogen and oxygen atoms in total. The lowest BCUT2D eigenvalue weighted by Gasteiger charge is -2.15. The van der Waals surface area contributed by atoms with Crippen LogP contribution in [-0.2, 0) is 6.61 Å². The van der Waals surface area contributed by atoms with Crippen molar-refractivity contribution in [3.8, 4) is 11.8 Å². The zero-order valence-electron chi connectivity index (χ0n) is 11.9. The van der Waals surface area contributed by atoms with Crippen molar-refractivity contribution in [1.29, 1.82) is 5.26 Å². The van der Waals surface area contributed by atoms with Crippen LogP contribution in [0.3, 0.4) is 0 Å². The van der Waals surface area contributed by atoms with Crippen LogP contribution in [0.1, 0.15) is 35.3 Å². The van der Waals surface area contributed by atoms with E-state index < -0.39 is 6.10 Å². The Labute approximate surface area is 129 Å². The first kappa shape index (κ1) is 15.4. The summed E-state index contributed by atoms with van der Waals surface area (Å²) < 4.78 is 5.79. The first-order chi connectivity index (χ1) is 10.0. The number of aliphatic hydroxyl groups excluding tert-OH is 1. The molecular formula is C17H16ClNO2. The number of hydrogen-bond acceptors (Lipinski definition) is 3. The molecule has 0 aliphatic heterocycles. The third-order valence-corrected chi connectivity index (χ3v) is 3.54. The number of benzene rings is 2. The van der Waals surface area contributed by atoms with Crippen molar-refractivity contribution in [2.24, 2.45) is 0 Å². The Hall–Kier alpha value is -2.02. The zero-order valence-corrected chi connectivity index (χ0v) is 12.7. The van der Waals surface area contributed by atoms with Crippen molar-refractivity contribution in [1.82, 2.24) is 0 Å². The minimum atomic E-state index is -0.600. The van der Waals surface area contributed by atoms with E-state index in [-0.39, 0.29) is 6.61 Å². The average molecular weight is 302 g/mol. The van der Waals surface area contributed by atoms with E-state index in [9.17, 15) is 5.11 Å². The highest BCUT2D eigenvalue weighted by molar-refractivity contribution is 6.31. The lowest BCUT2D eigenvalue weighted by molar-refractivity contribution is 0.190. The normalized spacial score (nSPS) is 11.8. The Morgan fingerprint density at radius 2 is 2.05 bits per heavy atom. The highest BCUT2D eigenvalue weighted by Crippen LogP contribution is 2.28. The molecule has 0 bridgehead atoms. The number of rotatable bonds is 4. The van der Waals surface area contributed by atoms with Crippen LogP contribution in [0.25, 0.3) is 0 Å². The van der Waals surface area contributed by atoms with Gasteiger partial charge in [-0.05, 0) is 37.6 Å². The van der Waals surface area contributed by atoms with Crippen LogP contribution in [0.4, 0.5) is 0 Å². The molecule has 0 saturated heterocycles. The van der Waals surface area contributed by atoms with Gasteiger partial charge in [0.25, 0.3) is 0 Å². The highest BCUT2D eigenvalue weighted by atomic mass is 35.5. The summed E-state index contributed by atoms with van der Waals surface area (Å²) in [6.07, 6.45) is -0.600. The predicted octanol–water partition coefficient (Wildman–Crippen LogP) is 4.15. The number of halogens is 1. The second-order valence-electron chi connectivity index (χ2n) is 4.92. The monoisotopic (exact) mass is 301 g/mol. The molecule has 0 radical (unpaired) electrons. The molecule has 1 N–H and O–H groups in total. The lowest BCUT2D eigenvalue weighted by atomic mass is 10.1. The van der Waals surface area contributed by atoms with Gasteiger partial charge in [-0.2, -0.15) is 5.26 Å². The minimum Gasteiger partial charge on any atom is -0.488 e. The summed E-state index contributed by atoms with van der Waals surface area (Å²) in [5.74, 6) is 0.644. The van der Waals surface area contributed by atoms with Gasteiger partial charge in [-0.1, -0.05) is 29.8 Å². The maximum Gasteiger partial charge on any atom is 0.125 e. The fraction of sp³-hybridized carbons (Fsp3) is 0.235. The van der Waals surface area contributed by atoms with Crippen LogP contribution in [0.15, 0.2) is 36.4 Å². The number of ether oxygens (including phenoxy) is 1. The molecule has 0 aromatic heterocycles. The molecule has 21 heavy (non-hydrogen) atoms. The Morgan fingerprint density at radius 1 is 1.29 bits per heavy atom. The van der Waals surface area contributed by atoms with Gasteiger partial charge in [0.05, 0.1) is 17.7 Å². The maximum absolute atomic E-state index is 9.77. The SMILES string of the molecule is Cc1ccc([C@@H](C)O)c(OCc2ccc(C#N)cc2Cl)c1. The quantitative estimate of drug-likeness (QED) is 0.923. The van der Waals surface area contributed by atoms with Gasteiger partial charge in [-0.3, -0.25) is 0 Å². The molecule has 2 aromatic carbocycles. The van der Waals surface area contributed by atoms with Crippen LogP contribution in [-0.4, -0.2) is 5.11 Å². The summed E-state index contributed by atoms with van der Waals surface area (Å²) in [5.41, 5.74) is 3.11. The minimum absolute atomic E-state index is 0.285. The summed E-state index contributed by atoms with van der Waals surface area (Å²) in [7, 11) is 0. The van der Waals surface area contributed by atoms with E-state index in [0.29, 0.717) is 16.3 Å². The van der Waals surface area contributed by atoms with E-state index in [0.717, 1.165) is 16.7 Å². The van der Waals surface area contributed by atoms with Gasteiger partial charge in [-0.15, -0.1) is 0 Å². The summed E-state index contributed by atoms with van der Waals surface area (Å²) in [6.45, 7) is 3.95. The van der Waals surface area contributed by atoms with Crippen molar-refractivity contribution >= 4 is 11.6 Å². The van der Waals surface area contributed by atoms with Crippen molar-refractivity contribution in [2.75, 3.05) is 0 Å². The molecule has 0 amide bonds. The first-order valence-corrected chi connectivity index (χ1v) is 6.99. The van der Waals surface area contributed by atoms with Gasteiger partial charge in [-0.25, -0.2) is 0 Å². The smallest absolute Gasteiger partial charge is 0.125 e. The van der Waals surface area contributed by atoms with Crippen molar-refractivity contribution in [2.45, 2.75) is 26.6 Å². The Balaban J connectivity index is 2.20. The van der Waals surface area contributed by atoms with Gasteiger partial charge >= 0.3 is 0 Å². The van der Waals surface area contributed by atoms with E-state index in [2.05, 4.69) is 0 Å². The van der Waals surface area contributed by atoms with E-state index in [1.54, 1.807) is 25.1 Å². The summed E-state index contributed by atoms with van der Waals surface area (Å²) in [5, 5.41) is 19.1. The second-order valence-corrected chi connectivity index (χ2v) is 5.33. The molecule has 0 spiro atoms. The maximum atomic E-state index is 9.77. The van der Waals surface area contributed by atoms with Crippen LogP contribution < -0.4 is 4.74 Å². The fourth-order valence-electron chi connectivity index (χ4n) is 2.00. The molecule has 2 aromatic rings. The molecule has 0 fully saturated rings. The van der Waals surface area contributed by atoms with Gasteiger partial charge in [0.1, 0.15) is 12.4 Å². The molecule has 0 unspecified atom stereocenters. The molecule has 4 heteroatoms. The Bertz CT molecular complexity index is 690. The second kappa shape index (κ2) is 6.62. The van der Waals surface area contributed by atoms with E-state index in [1.165, 1.54) is 0 Å². The Kier molecular flexibility index (Phi) is 4.85. The van der Waals surface area contributed by atoms with Gasteiger partial charge in [0.15, 0.2) is 0 Å². The third-order valence-electron chi connectivity index (χ3n) is 3.18. The zero-order chi connectivity index (χ0) is 15.4.